The minimum Gasteiger partial charge on any atom is -0.368 e. The zero-order chi connectivity index (χ0) is 12.7. The van der Waals surface area contributed by atoms with Crippen LogP contribution in [0.15, 0.2) is 6.20 Å². The molecule has 1 aromatic rings. The SMILES string of the molecule is CCc1cn(C)nc1C[C@]1(C)CC(F)(F)CO1. The Hall–Kier alpha value is -0.970. The van der Waals surface area contributed by atoms with Crippen LogP contribution in [0.2, 0.25) is 0 Å². The number of aryl methyl sites for hydroxylation is 2. The van der Waals surface area contributed by atoms with Crippen molar-refractivity contribution in [1.29, 1.82) is 0 Å². The minimum atomic E-state index is -2.70. The first-order chi connectivity index (χ1) is 7.84. The van der Waals surface area contributed by atoms with Gasteiger partial charge in [-0.15, -0.1) is 0 Å². The van der Waals surface area contributed by atoms with Crippen LogP contribution in [0.3, 0.4) is 0 Å². The topological polar surface area (TPSA) is 27.1 Å². The lowest BCUT2D eigenvalue weighted by molar-refractivity contribution is -0.0199. The minimum absolute atomic E-state index is 0.222. The fraction of sp³-hybridized carbons (Fsp3) is 0.750. The monoisotopic (exact) mass is 244 g/mol. The summed E-state index contributed by atoms with van der Waals surface area (Å²) in [6, 6.07) is 0. The van der Waals surface area contributed by atoms with Crippen molar-refractivity contribution in [2.24, 2.45) is 7.05 Å². The Bertz CT molecular complexity index is 417. The number of hydrogen-bond donors (Lipinski definition) is 0. The van der Waals surface area contributed by atoms with Crippen molar-refractivity contribution in [2.45, 2.75) is 44.6 Å². The molecule has 96 valence electrons. The fourth-order valence-electron chi connectivity index (χ4n) is 2.42. The van der Waals surface area contributed by atoms with E-state index in [1.54, 1.807) is 11.6 Å². The number of alkyl halides is 2. The molecular weight excluding hydrogens is 226 g/mol. The molecule has 1 saturated heterocycles. The summed E-state index contributed by atoms with van der Waals surface area (Å²) < 4.78 is 33.4. The van der Waals surface area contributed by atoms with Crippen molar-refractivity contribution in [3.05, 3.63) is 17.5 Å². The third-order valence-corrected chi connectivity index (χ3v) is 3.18. The van der Waals surface area contributed by atoms with E-state index in [9.17, 15) is 8.78 Å². The molecule has 1 atom stereocenters. The quantitative estimate of drug-likeness (QED) is 0.816. The van der Waals surface area contributed by atoms with E-state index < -0.39 is 18.1 Å². The molecule has 1 aromatic heterocycles. The molecule has 0 N–H and O–H groups in total. The average molecular weight is 244 g/mol. The van der Waals surface area contributed by atoms with Crippen LogP contribution in [0.4, 0.5) is 8.78 Å². The van der Waals surface area contributed by atoms with E-state index in [1.807, 2.05) is 20.2 Å². The van der Waals surface area contributed by atoms with Gasteiger partial charge in [0.25, 0.3) is 5.92 Å². The maximum absolute atomic E-state index is 13.2. The first-order valence-electron chi connectivity index (χ1n) is 5.87. The van der Waals surface area contributed by atoms with E-state index in [0.717, 1.165) is 17.7 Å². The third kappa shape index (κ3) is 2.65. The van der Waals surface area contributed by atoms with Gasteiger partial charge in [-0.1, -0.05) is 6.92 Å². The molecule has 0 aliphatic carbocycles. The summed E-state index contributed by atoms with van der Waals surface area (Å²) in [4.78, 5) is 0. The standard InChI is InChI=1S/C12H18F2N2O/c1-4-9-6-16(3)15-10(9)5-11(2)7-12(13,14)8-17-11/h6H,4-5,7-8H2,1-3H3/t11-/m1/s1. The lowest BCUT2D eigenvalue weighted by Crippen LogP contribution is -2.28. The lowest BCUT2D eigenvalue weighted by atomic mass is 9.93. The first kappa shape index (κ1) is 12.5. The van der Waals surface area contributed by atoms with Gasteiger partial charge in [-0.2, -0.15) is 5.10 Å². The molecule has 0 saturated carbocycles. The molecule has 2 rings (SSSR count). The van der Waals surface area contributed by atoms with E-state index in [2.05, 4.69) is 5.10 Å². The molecule has 3 nitrogen and oxygen atoms in total. The van der Waals surface area contributed by atoms with Crippen molar-refractivity contribution in [3.8, 4) is 0 Å². The Kier molecular flexibility index (Phi) is 2.97. The Morgan fingerprint density at radius 2 is 2.24 bits per heavy atom. The van der Waals surface area contributed by atoms with Crippen LogP contribution in [-0.2, 0) is 24.6 Å². The van der Waals surface area contributed by atoms with Crippen LogP contribution in [0.1, 0.15) is 31.5 Å². The van der Waals surface area contributed by atoms with Crippen LogP contribution < -0.4 is 0 Å². The summed E-state index contributed by atoms with van der Waals surface area (Å²) in [7, 11) is 1.84. The van der Waals surface area contributed by atoms with E-state index >= 15 is 0 Å². The number of nitrogens with zero attached hydrogens (tertiary/aromatic N) is 2. The molecule has 0 spiro atoms. The Balaban J connectivity index is 2.15. The number of rotatable bonds is 3. The molecule has 1 fully saturated rings. The van der Waals surface area contributed by atoms with Gasteiger partial charge in [-0.3, -0.25) is 4.68 Å². The fourth-order valence-corrected chi connectivity index (χ4v) is 2.42. The van der Waals surface area contributed by atoms with Gasteiger partial charge in [0, 0.05) is 26.1 Å². The van der Waals surface area contributed by atoms with Gasteiger partial charge in [0.2, 0.25) is 0 Å². The second kappa shape index (κ2) is 4.05. The van der Waals surface area contributed by atoms with Gasteiger partial charge in [-0.05, 0) is 18.9 Å². The van der Waals surface area contributed by atoms with E-state index in [-0.39, 0.29) is 6.42 Å². The molecule has 2 heterocycles. The van der Waals surface area contributed by atoms with Crippen LogP contribution in [-0.4, -0.2) is 27.9 Å². The zero-order valence-corrected chi connectivity index (χ0v) is 10.5. The van der Waals surface area contributed by atoms with Crippen molar-refractivity contribution < 1.29 is 13.5 Å². The Morgan fingerprint density at radius 3 is 2.76 bits per heavy atom. The van der Waals surface area contributed by atoms with Gasteiger partial charge in [0.05, 0.1) is 11.3 Å². The highest BCUT2D eigenvalue weighted by Gasteiger charge is 2.48. The highest BCUT2D eigenvalue weighted by atomic mass is 19.3. The third-order valence-electron chi connectivity index (χ3n) is 3.18. The summed E-state index contributed by atoms with van der Waals surface area (Å²) in [5, 5.41) is 4.33. The normalized spacial score (nSPS) is 27.6. The maximum Gasteiger partial charge on any atom is 0.273 e. The number of halogens is 2. The number of hydrogen-bond acceptors (Lipinski definition) is 2. The lowest BCUT2D eigenvalue weighted by Gasteiger charge is -2.22. The van der Waals surface area contributed by atoms with Crippen LogP contribution in [0.5, 0.6) is 0 Å². The van der Waals surface area contributed by atoms with E-state index in [4.69, 9.17) is 4.74 Å². The molecule has 0 unspecified atom stereocenters. The largest absolute Gasteiger partial charge is 0.368 e. The van der Waals surface area contributed by atoms with Gasteiger partial charge in [0.15, 0.2) is 0 Å². The first-order valence-corrected chi connectivity index (χ1v) is 5.87. The van der Waals surface area contributed by atoms with Crippen LogP contribution in [0, 0.1) is 0 Å². The summed E-state index contributed by atoms with van der Waals surface area (Å²) in [6.45, 7) is 3.30. The highest BCUT2D eigenvalue weighted by Crippen LogP contribution is 2.38. The Labute approximate surface area is 99.8 Å². The zero-order valence-electron chi connectivity index (χ0n) is 10.5. The van der Waals surface area contributed by atoms with Crippen molar-refractivity contribution in [2.75, 3.05) is 6.61 Å². The Morgan fingerprint density at radius 1 is 1.53 bits per heavy atom. The predicted molar refractivity (Wildman–Crippen MR) is 60.2 cm³/mol. The van der Waals surface area contributed by atoms with E-state index in [1.165, 1.54) is 0 Å². The van der Waals surface area contributed by atoms with E-state index in [0.29, 0.717) is 6.42 Å². The summed E-state index contributed by atoms with van der Waals surface area (Å²) in [5.41, 5.74) is 1.18. The molecule has 1 aliphatic heterocycles. The second-order valence-corrected chi connectivity index (χ2v) is 5.08. The average Bonchev–Trinajstić information content (AvgIpc) is 2.67. The molecule has 0 amide bonds. The molecule has 5 heteroatoms. The number of aromatic nitrogens is 2. The molecule has 0 bridgehead atoms. The summed E-state index contributed by atoms with van der Waals surface area (Å²) in [5.74, 6) is -2.70. The van der Waals surface area contributed by atoms with Gasteiger partial charge >= 0.3 is 0 Å². The van der Waals surface area contributed by atoms with Crippen LogP contribution in [0.25, 0.3) is 0 Å². The molecule has 0 radical (unpaired) electrons. The second-order valence-electron chi connectivity index (χ2n) is 5.08. The van der Waals surface area contributed by atoms with Gasteiger partial charge in [0.1, 0.15) is 6.61 Å². The smallest absolute Gasteiger partial charge is 0.273 e. The summed E-state index contributed by atoms with van der Waals surface area (Å²) in [6.07, 6.45) is 3.02. The van der Waals surface area contributed by atoms with Crippen molar-refractivity contribution >= 4 is 0 Å². The molecule has 0 aromatic carbocycles. The van der Waals surface area contributed by atoms with Gasteiger partial charge < -0.3 is 4.74 Å². The maximum atomic E-state index is 13.2. The highest BCUT2D eigenvalue weighted by molar-refractivity contribution is 5.19. The van der Waals surface area contributed by atoms with Crippen molar-refractivity contribution in [1.82, 2.24) is 9.78 Å². The molecule has 1 aliphatic rings. The van der Waals surface area contributed by atoms with Crippen molar-refractivity contribution in [3.63, 3.8) is 0 Å². The summed E-state index contributed by atoms with van der Waals surface area (Å²) >= 11 is 0. The predicted octanol–water partition coefficient (Wildman–Crippen LogP) is 2.34. The molecule has 17 heavy (non-hydrogen) atoms. The van der Waals surface area contributed by atoms with Crippen LogP contribution >= 0.6 is 0 Å². The number of ether oxygens (including phenoxy) is 1. The van der Waals surface area contributed by atoms with Gasteiger partial charge in [-0.25, -0.2) is 8.78 Å². The molecular formula is C12H18F2N2O.